The average Bonchev–Trinajstić information content (AvgIpc) is 2.84. The summed E-state index contributed by atoms with van der Waals surface area (Å²) in [5.41, 5.74) is 0. The zero-order valence-electron chi connectivity index (χ0n) is 8.69. The van der Waals surface area contributed by atoms with Gasteiger partial charge in [-0.3, -0.25) is 0 Å². The van der Waals surface area contributed by atoms with E-state index in [-0.39, 0.29) is 0 Å². The minimum absolute atomic E-state index is 0.976. The van der Waals surface area contributed by atoms with Crippen LogP contribution in [0.15, 0.2) is 23.7 Å². The van der Waals surface area contributed by atoms with Crippen molar-refractivity contribution in [2.75, 3.05) is 6.54 Å². The first-order valence-electron chi connectivity index (χ1n) is 4.99. The molecule has 0 fully saturated rings. The van der Waals surface area contributed by atoms with Gasteiger partial charge in [0.25, 0.3) is 0 Å². The van der Waals surface area contributed by atoms with Gasteiger partial charge in [0.05, 0.1) is 5.01 Å². The highest BCUT2D eigenvalue weighted by atomic mass is 32.1. The Kier molecular flexibility index (Phi) is 3.88. The molecule has 0 saturated heterocycles. The van der Waals surface area contributed by atoms with E-state index in [1.54, 1.807) is 11.3 Å². The van der Waals surface area contributed by atoms with Crippen LogP contribution in [0, 0.1) is 6.92 Å². The number of thiophene rings is 1. The largest absolute Gasteiger partial charge is 0.311 e. The Morgan fingerprint density at radius 1 is 1.40 bits per heavy atom. The molecule has 15 heavy (non-hydrogen) atoms. The first-order chi connectivity index (χ1) is 7.34. The Labute approximate surface area is 98.0 Å². The van der Waals surface area contributed by atoms with Crippen LogP contribution >= 0.6 is 22.7 Å². The van der Waals surface area contributed by atoms with Crippen LogP contribution < -0.4 is 5.32 Å². The van der Waals surface area contributed by atoms with Crippen LogP contribution in [-0.4, -0.2) is 11.5 Å². The van der Waals surface area contributed by atoms with Gasteiger partial charge >= 0.3 is 0 Å². The molecule has 0 unspecified atom stereocenters. The molecule has 2 rings (SSSR count). The number of hydrogen-bond acceptors (Lipinski definition) is 4. The molecule has 0 radical (unpaired) electrons. The van der Waals surface area contributed by atoms with Gasteiger partial charge in [-0.05, 0) is 19.1 Å². The van der Waals surface area contributed by atoms with Crippen molar-refractivity contribution in [3.8, 4) is 0 Å². The molecule has 0 amide bonds. The van der Waals surface area contributed by atoms with Gasteiger partial charge in [-0.25, -0.2) is 4.98 Å². The topological polar surface area (TPSA) is 24.9 Å². The molecule has 80 valence electrons. The summed E-state index contributed by atoms with van der Waals surface area (Å²) < 4.78 is 0. The lowest BCUT2D eigenvalue weighted by Crippen LogP contribution is -2.15. The zero-order chi connectivity index (χ0) is 10.5. The molecule has 4 heteroatoms. The van der Waals surface area contributed by atoms with E-state index in [9.17, 15) is 0 Å². The van der Waals surface area contributed by atoms with E-state index in [1.807, 2.05) is 22.9 Å². The van der Waals surface area contributed by atoms with Gasteiger partial charge in [-0.15, -0.1) is 22.7 Å². The molecule has 0 saturated carbocycles. The maximum atomic E-state index is 4.25. The zero-order valence-corrected chi connectivity index (χ0v) is 10.3. The molecule has 0 aliphatic heterocycles. The van der Waals surface area contributed by atoms with Crippen LogP contribution in [0.4, 0.5) is 0 Å². The summed E-state index contributed by atoms with van der Waals surface area (Å²) in [6, 6.07) is 4.36. The third-order valence-electron chi connectivity index (χ3n) is 2.09. The predicted molar refractivity (Wildman–Crippen MR) is 66.6 cm³/mol. The Bertz CT molecular complexity index is 392. The second-order valence-electron chi connectivity index (χ2n) is 3.36. The van der Waals surface area contributed by atoms with Gasteiger partial charge in [0, 0.05) is 40.8 Å². The van der Waals surface area contributed by atoms with Crippen LogP contribution in [0.3, 0.4) is 0 Å². The Hall–Kier alpha value is -0.710. The van der Waals surface area contributed by atoms with Gasteiger partial charge < -0.3 is 5.32 Å². The van der Waals surface area contributed by atoms with E-state index in [2.05, 4.69) is 29.4 Å². The third kappa shape index (κ3) is 3.41. The van der Waals surface area contributed by atoms with Crippen LogP contribution in [0.25, 0.3) is 0 Å². The number of nitrogens with one attached hydrogen (secondary N) is 1. The first-order valence-corrected chi connectivity index (χ1v) is 6.68. The molecule has 2 aromatic rings. The number of aryl methyl sites for hydroxylation is 1. The predicted octanol–water partition coefficient (Wildman–Crippen LogP) is 2.85. The molecule has 2 heterocycles. The number of rotatable bonds is 5. The van der Waals surface area contributed by atoms with Crippen LogP contribution in [-0.2, 0) is 13.0 Å². The third-order valence-corrected chi connectivity index (χ3v) is 3.93. The molecule has 2 nitrogen and oxygen atoms in total. The SMILES string of the molecule is Cc1ccc(CNCCc2nccs2)s1. The van der Waals surface area contributed by atoms with Gasteiger partial charge in [0.2, 0.25) is 0 Å². The average molecular weight is 238 g/mol. The highest BCUT2D eigenvalue weighted by Crippen LogP contribution is 2.14. The van der Waals surface area contributed by atoms with Gasteiger partial charge in [-0.1, -0.05) is 0 Å². The van der Waals surface area contributed by atoms with E-state index in [0.29, 0.717) is 0 Å². The number of aromatic nitrogens is 1. The minimum atomic E-state index is 0.976. The molecule has 0 aliphatic carbocycles. The summed E-state index contributed by atoms with van der Waals surface area (Å²) in [7, 11) is 0. The second kappa shape index (κ2) is 5.39. The van der Waals surface area contributed by atoms with Crippen molar-refractivity contribution in [2.24, 2.45) is 0 Å². The fourth-order valence-corrected chi connectivity index (χ4v) is 2.84. The van der Waals surface area contributed by atoms with Crippen molar-refractivity contribution in [3.63, 3.8) is 0 Å². The minimum Gasteiger partial charge on any atom is -0.311 e. The highest BCUT2D eigenvalue weighted by Gasteiger charge is 1.97. The van der Waals surface area contributed by atoms with Crippen molar-refractivity contribution >= 4 is 22.7 Å². The van der Waals surface area contributed by atoms with Crippen molar-refractivity contribution in [3.05, 3.63) is 38.5 Å². The van der Waals surface area contributed by atoms with Crippen molar-refractivity contribution in [1.82, 2.24) is 10.3 Å². The lowest BCUT2D eigenvalue weighted by Gasteiger charge is -2.00. The smallest absolute Gasteiger partial charge is 0.0937 e. The maximum Gasteiger partial charge on any atom is 0.0937 e. The Balaban J connectivity index is 1.67. The lowest BCUT2D eigenvalue weighted by molar-refractivity contribution is 0.692. The fourth-order valence-electron chi connectivity index (χ4n) is 1.36. The Morgan fingerprint density at radius 2 is 2.33 bits per heavy atom. The number of nitrogens with zero attached hydrogens (tertiary/aromatic N) is 1. The summed E-state index contributed by atoms with van der Waals surface area (Å²) in [4.78, 5) is 7.04. The Morgan fingerprint density at radius 3 is 3.00 bits per heavy atom. The summed E-state index contributed by atoms with van der Waals surface area (Å²) in [6.07, 6.45) is 2.89. The summed E-state index contributed by atoms with van der Waals surface area (Å²) in [5, 5.41) is 6.67. The molecular weight excluding hydrogens is 224 g/mol. The van der Waals surface area contributed by atoms with Crippen molar-refractivity contribution in [2.45, 2.75) is 19.9 Å². The molecule has 0 aliphatic rings. The maximum absolute atomic E-state index is 4.25. The normalized spacial score (nSPS) is 10.7. The second-order valence-corrected chi connectivity index (χ2v) is 5.72. The molecular formula is C11H14N2S2. The molecule has 0 aromatic carbocycles. The first kappa shape index (κ1) is 10.8. The molecule has 0 spiro atoms. The van der Waals surface area contributed by atoms with Crippen LogP contribution in [0.2, 0.25) is 0 Å². The number of hydrogen-bond donors (Lipinski definition) is 1. The highest BCUT2D eigenvalue weighted by molar-refractivity contribution is 7.11. The van der Waals surface area contributed by atoms with E-state index in [4.69, 9.17) is 0 Å². The van der Waals surface area contributed by atoms with E-state index >= 15 is 0 Å². The molecule has 0 atom stereocenters. The lowest BCUT2D eigenvalue weighted by atomic mass is 10.4. The molecule has 1 N–H and O–H groups in total. The van der Waals surface area contributed by atoms with Crippen molar-refractivity contribution < 1.29 is 0 Å². The van der Waals surface area contributed by atoms with Gasteiger partial charge in [0.15, 0.2) is 0 Å². The standard InChI is InChI=1S/C11H14N2S2/c1-9-2-3-10(15-9)8-12-5-4-11-13-6-7-14-11/h2-3,6-7,12H,4-5,8H2,1H3. The van der Waals surface area contributed by atoms with Crippen LogP contribution in [0.5, 0.6) is 0 Å². The quantitative estimate of drug-likeness (QED) is 0.810. The van der Waals surface area contributed by atoms with E-state index in [0.717, 1.165) is 19.5 Å². The molecule has 2 aromatic heterocycles. The van der Waals surface area contributed by atoms with Gasteiger partial charge in [0.1, 0.15) is 0 Å². The van der Waals surface area contributed by atoms with Crippen molar-refractivity contribution in [1.29, 1.82) is 0 Å². The van der Waals surface area contributed by atoms with E-state index < -0.39 is 0 Å². The fraction of sp³-hybridized carbons (Fsp3) is 0.364. The molecule has 0 bridgehead atoms. The summed E-state index contributed by atoms with van der Waals surface area (Å²) >= 11 is 3.58. The van der Waals surface area contributed by atoms with E-state index in [1.165, 1.54) is 14.8 Å². The van der Waals surface area contributed by atoms with Crippen LogP contribution in [0.1, 0.15) is 14.8 Å². The summed E-state index contributed by atoms with van der Waals surface area (Å²) in [5.74, 6) is 0. The summed E-state index contributed by atoms with van der Waals surface area (Å²) in [6.45, 7) is 4.12. The number of thiazole rings is 1. The van der Waals surface area contributed by atoms with Gasteiger partial charge in [-0.2, -0.15) is 0 Å². The monoisotopic (exact) mass is 238 g/mol.